The Morgan fingerprint density at radius 3 is 2.81 bits per heavy atom. The van der Waals surface area contributed by atoms with E-state index in [0.29, 0.717) is 5.56 Å². The van der Waals surface area contributed by atoms with E-state index in [1.165, 1.54) is 11.3 Å². The number of aryl methyl sites for hydroxylation is 1. The average Bonchev–Trinajstić information content (AvgIpc) is 3.04. The van der Waals surface area contributed by atoms with Crippen LogP contribution in [0.2, 0.25) is 0 Å². The number of H-pyrrole nitrogens is 1. The molecule has 1 heterocycles. The Balaban J connectivity index is 1.56. The second kappa shape index (κ2) is 7.41. The van der Waals surface area contributed by atoms with E-state index in [9.17, 15) is 4.79 Å². The zero-order chi connectivity index (χ0) is 19.0. The molecule has 27 heavy (non-hydrogen) atoms. The molecule has 2 atom stereocenters. The number of aromatic amines is 1. The number of nitrogens with one attached hydrogen (secondary N) is 2. The van der Waals surface area contributed by atoms with E-state index in [2.05, 4.69) is 35.9 Å². The van der Waals surface area contributed by atoms with Crippen molar-refractivity contribution in [1.29, 1.82) is 0 Å². The summed E-state index contributed by atoms with van der Waals surface area (Å²) in [5.41, 5.74) is 12.4. The molecule has 4 nitrogen and oxygen atoms in total. The number of benzene rings is 2. The molecule has 2 unspecified atom stereocenters. The van der Waals surface area contributed by atoms with Gasteiger partial charge in [-0.25, -0.2) is 0 Å². The monoisotopic (exact) mass is 379 g/mol. The summed E-state index contributed by atoms with van der Waals surface area (Å²) in [5.74, 6) is -0.103. The Morgan fingerprint density at radius 2 is 2.07 bits per heavy atom. The topological polar surface area (TPSA) is 70.9 Å². The van der Waals surface area contributed by atoms with E-state index in [4.69, 9.17) is 5.73 Å². The van der Waals surface area contributed by atoms with Gasteiger partial charge in [-0.3, -0.25) is 4.79 Å². The zero-order valence-electron chi connectivity index (χ0n) is 15.5. The summed E-state index contributed by atoms with van der Waals surface area (Å²) in [7, 11) is 0. The lowest BCUT2D eigenvalue weighted by molar-refractivity contribution is 0.102. The Kier molecular flexibility index (Phi) is 4.98. The second-order valence-corrected chi connectivity index (χ2v) is 7.97. The summed E-state index contributed by atoms with van der Waals surface area (Å²) in [4.78, 5) is 16.1. The Labute approximate surface area is 164 Å². The van der Waals surface area contributed by atoms with Gasteiger partial charge in [-0.2, -0.15) is 12.6 Å². The van der Waals surface area contributed by atoms with Crippen molar-refractivity contribution in [1.82, 2.24) is 4.98 Å². The van der Waals surface area contributed by atoms with E-state index >= 15 is 0 Å². The van der Waals surface area contributed by atoms with Crippen LogP contribution in [0.5, 0.6) is 0 Å². The SMILES string of the molecule is CCC(S)c1ccc(C(=O)Nc2ccc3[nH]c4c(c3c2)CC(N)CC4)cc1. The lowest BCUT2D eigenvalue weighted by Gasteiger charge is -2.18. The van der Waals surface area contributed by atoms with E-state index in [-0.39, 0.29) is 17.2 Å². The summed E-state index contributed by atoms with van der Waals surface area (Å²) in [6, 6.07) is 13.9. The molecule has 140 valence electrons. The largest absolute Gasteiger partial charge is 0.358 e. The van der Waals surface area contributed by atoms with Crippen LogP contribution in [0.4, 0.5) is 5.69 Å². The maximum Gasteiger partial charge on any atom is 0.255 e. The Hall–Kier alpha value is -2.24. The smallest absolute Gasteiger partial charge is 0.255 e. The first-order chi connectivity index (χ1) is 13.0. The number of rotatable bonds is 4. The van der Waals surface area contributed by atoms with Crippen molar-refractivity contribution in [2.75, 3.05) is 5.32 Å². The summed E-state index contributed by atoms with van der Waals surface area (Å²) >= 11 is 4.55. The number of thiol groups is 1. The first kappa shape index (κ1) is 18.1. The van der Waals surface area contributed by atoms with Gasteiger partial charge in [0.15, 0.2) is 0 Å². The number of hydrogen-bond acceptors (Lipinski definition) is 3. The highest BCUT2D eigenvalue weighted by Crippen LogP contribution is 2.31. The summed E-state index contributed by atoms with van der Waals surface area (Å²) in [6.07, 6.45) is 3.85. The van der Waals surface area contributed by atoms with Crippen LogP contribution >= 0.6 is 12.6 Å². The molecule has 0 saturated heterocycles. The van der Waals surface area contributed by atoms with Gasteiger partial charge < -0.3 is 16.0 Å². The predicted octanol–water partition coefficient (Wildman–Crippen LogP) is 4.62. The molecule has 1 aliphatic rings. The molecule has 5 heteroatoms. The van der Waals surface area contributed by atoms with Gasteiger partial charge in [0, 0.05) is 39.1 Å². The molecule has 2 aromatic carbocycles. The van der Waals surface area contributed by atoms with Crippen LogP contribution in [0.3, 0.4) is 0 Å². The molecular weight excluding hydrogens is 354 g/mol. The van der Waals surface area contributed by atoms with Crippen molar-refractivity contribution in [2.24, 2.45) is 5.73 Å². The first-order valence-corrected chi connectivity index (χ1v) is 10.0. The highest BCUT2D eigenvalue weighted by atomic mass is 32.1. The standard InChI is InChI=1S/C22H25N3OS/c1-2-21(27)13-3-5-14(6-4-13)22(26)24-16-8-10-20-18(12-16)17-11-15(23)7-9-19(17)25-20/h3-6,8,10,12,15,21,25,27H,2,7,9,11,23H2,1H3,(H,24,26). The minimum absolute atomic E-state index is 0.103. The van der Waals surface area contributed by atoms with Gasteiger partial charge in [-0.05, 0) is 67.1 Å². The molecule has 0 radical (unpaired) electrons. The Morgan fingerprint density at radius 1 is 1.30 bits per heavy atom. The number of fused-ring (bicyclic) bond motifs is 3. The molecule has 3 aromatic rings. The molecule has 1 aromatic heterocycles. The van der Waals surface area contributed by atoms with Gasteiger partial charge in [0.05, 0.1) is 0 Å². The lowest BCUT2D eigenvalue weighted by atomic mass is 9.92. The van der Waals surface area contributed by atoms with Gasteiger partial charge in [-0.1, -0.05) is 19.1 Å². The molecular formula is C22H25N3OS. The van der Waals surface area contributed by atoms with E-state index < -0.39 is 0 Å². The number of aromatic nitrogens is 1. The fourth-order valence-corrected chi connectivity index (χ4v) is 3.99. The summed E-state index contributed by atoms with van der Waals surface area (Å²) in [5, 5.41) is 4.38. The van der Waals surface area contributed by atoms with E-state index in [0.717, 1.165) is 47.8 Å². The Bertz CT molecular complexity index is 977. The molecule has 1 amide bonds. The zero-order valence-corrected chi connectivity index (χ0v) is 16.4. The molecule has 4 N–H and O–H groups in total. The van der Waals surface area contributed by atoms with E-state index in [1.807, 2.05) is 36.4 Å². The fraction of sp³-hybridized carbons (Fsp3) is 0.318. The first-order valence-electron chi connectivity index (χ1n) is 9.53. The van der Waals surface area contributed by atoms with Gasteiger partial charge in [0.1, 0.15) is 0 Å². The molecule has 4 rings (SSSR count). The molecule has 0 spiro atoms. The maximum atomic E-state index is 12.6. The van der Waals surface area contributed by atoms with Crippen LogP contribution in [0.15, 0.2) is 42.5 Å². The van der Waals surface area contributed by atoms with Crippen molar-refractivity contribution in [3.05, 3.63) is 64.8 Å². The third-order valence-electron chi connectivity index (χ3n) is 5.43. The van der Waals surface area contributed by atoms with Crippen molar-refractivity contribution in [2.45, 2.75) is 43.9 Å². The van der Waals surface area contributed by atoms with Gasteiger partial charge in [0.2, 0.25) is 0 Å². The van der Waals surface area contributed by atoms with Crippen LogP contribution in [0, 0.1) is 0 Å². The van der Waals surface area contributed by atoms with Gasteiger partial charge in [-0.15, -0.1) is 0 Å². The molecule has 0 bridgehead atoms. The van der Waals surface area contributed by atoms with Crippen LogP contribution in [0.25, 0.3) is 10.9 Å². The van der Waals surface area contributed by atoms with Crippen LogP contribution in [0.1, 0.15) is 52.2 Å². The predicted molar refractivity (Wildman–Crippen MR) is 115 cm³/mol. The van der Waals surface area contributed by atoms with Crippen molar-refractivity contribution >= 4 is 35.1 Å². The number of amides is 1. The van der Waals surface area contributed by atoms with E-state index in [1.54, 1.807) is 0 Å². The maximum absolute atomic E-state index is 12.6. The molecule has 0 aliphatic heterocycles. The number of carbonyl (C=O) groups is 1. The third-order valence-corrected chi connectivity index (χ3v) is 6.09. The minimum atomic E-state index is -0.103. The van der Waals surface area contributed by atoms with Crippen molar-refractivity contribution < 1.29 is 4.79 Å². The normalized spacial score (nSPS) is 17.5. The third kappa shape index (κ3) is 3.62. The van der Waals surface area contributed by atoms with Crippen LogP contribution in [-0.2, 0) is 12.8 Å². The highest BCUT2D eigenvalue weighted by molar-refractivity contribution is 7.80. The lowest BCUT2D eigenvalue weighted by Crippen LogP contribution is -2.27. The number of hydrogen-bond donors (Lipinski definition) is 4. The van der Waals surface area contributed by atoms with Crippen LogP contribution in [-0.4, -0.2) is 16.9 Å². The summed E-state index contributed by atoms with van der Waals surface area (Å²) in [6.45, 7) is 2.10. The molecule has 0 fully saturated rings. The highest BCUT2D eigenvalue weighted by Gasteiger charge is 2.20. The van der Waals surface area contributed by atoms with Gasteiger partial charge >= 0.3 is 0 Å². The summed E-state index contributed by atoms with van der Waals surface area (Å²) < 4.78 is 0. The number of carbonyl (C=O) groups excluding carboxylic acids is 1. The number of anilines is 1. The number of nitrogens with two attached hydrogens (primary N) is 1. The fourth-order valence-electron chi connectivity index (χ4n) is 3.82. The quantitative estimate of drug-likeness (QED) is 0.500. The van der Waals surface area contributed by atoms with Crippen molar-refractivity contribution in [3.8, 4) is 0 Å². The van der Waals surface area contributed by atoms with Crippen molar-refractivity contribution in [3.63, 3.8) is 0 Å². The average molecular weight is 380 g/mol. The minimum Gasteiger partial charge on any atom is -0.358 e. The molecule has 1 aliphatic carbocycles. The van der Waals surface area contributed by atoms with Gasteiger partial charge in [0.25, 0.3) is 5.91 Å². The van der Waals surface area contributed by atoms with Crippen LogP contribution < -0.4 is 11.1 Å². The molecule has 0 saturated carbocycles. The second-order valence-electron chi connectivity index (χ2n) is 7.35.